The standard InChI is InChI=1S/C14H24N2O2/c1-18-10-12-3-7-16(8-4-12)13(17)9-14(11-15)5-2-6-14/h3H,2,4-11,15H2,1H3. The van der Waals surface area contributed by atoms with Gasteiger partial charge in [-0.2, -0.15) is 0 Å². The van der Waals surface area contributed by atoms with Crippen molar-refractivity contribution in [2.45, 2.75) is 32.1 Å². The molecule has 0 aromatic rings. The van der Waals surface area contributed by atoms with Crippen LogP contribution in [-0.2, 0) is 9.53 Å². The van der Waals surface area contributed by atoms with Gasteiger partial charge in [0.05, 0.1) is 6.61 Å². The van der Waals surface area contributed by atoms with Crippen LogP contribution < -0.4 is 5.73 Å². The van der Waals surface area contributed by atoms with Crippen molar-refractivity contribution in [1.82, 2.24) is 4.90 Å². The van der Waals surface area contributed by atoms with Crippen LogP contribution in [0, 0.1) is 5.41 Å². The largest absolute Gasteiger partial charge is 0.380 e. The normalized spacial score (nSPS) is 22.3. The van der Waals surface area contributed by atoms with Crippen LogP contribution in [0.4, 0.5) is 0 Å². The number of hydrogen-bond donors (Lipinski definition) is 1. The van der Waals surface area contributed by atoms with Crippen molar-refractivity contribution in [2.24, 2.45) is 11.1 Å². The van der Waals surface area contributed by atoms with Gasteiger partial charge < -0.3 is 15.4 Å². The summed E-state index contributed by atoms with van der Waals surface area (Å²) in [6.07, 6.45) is 7.16. The highest BCUT2D eigenvalue weighted by molar-refractivity contribution is 5.77. The molecule has 0 aromatic carbocycles. The average molecular weight is 252 g/mol. The Labute approximate surface area is 109 Å². The third kappa shape index (κ3) is 2.93. The number of nitrogens with two attached hydrogens (primary N) is 1. The molecule has 1 amide bonds. The van der Waals surface area contributed by atoms with Crippen LogP contribution in [-0.4, -0.2) is 44.2 Å². The van der Waals surface area contributed by atoms with Crippen molar-refractivity contribution in [1.29, 1.82) is 0 Å². The SMILES string of the molecule is COCC1=CCN(C(=O)CC2(CN)CCC2)CC1. The van der Waals surface area contributed by atoms with Crippen LogP contribution in [0.3, 0.4) is 0 Å². The molecular formula is C14H24N2O2. The average Bonchev–Trinajstić information content (AvgIpc) is 2.35. The van der Waals surface area contributed by atoms with E-state index < -0.39 is 0 Å². The first-order valence-corrected chi connectivity index (χ1v) is 6.84. The highest BCUT2D eigenvalue weighted by atomic mass is 16.5. The molecule has 0 unspecified atom stereocenters. The molecule has 1 aliphatic heterocycles. The van der Waals surface area contributed by atoms with E-state index in [2.05, 4.69) is 6.08 Å². The minimum atomic E-state index is 0.119. The molecule has 0 bridgehead atoms. The van der Waals surface area contributed by atoms with Crippen LogP contribution in [0.5, 0.6) is 0 Å². The van der Waals surface area contributed by atoms with Crippen molar-refractivity contribution in [3.8, 4) is 0 Å². The molecular weight excluding hydrogens is 228 g/mol. The fourth-order valence-corrected chi connectivity index (χ4v) is 2.82. The lowest BCUT2D eigenvalue weighted by Crippen LogP contribution is -2.44. The number of nitrogens with zero attached hydrogens (tertiary/aromatic N) is 1. The molecule has 0 radical (unpaired) electrons. The molecule has 2 aliphatic rings. The molecule has 0 saturated heterocycles. The van der Waals surface area contributed by atoms with E-state index in [9.17, 15) is 4.79 Å². The second-order valence-electron chi connectivity index (χ2n) is 5.62. The number of ether oxygens (including phenoxy) is 1. The van der Waals surface area contributed by atoms with Gasteiger partial charge in [-0.15, -0.1) is 0 Å². The third-order valence-electron chi connectivity index (χ3n) is 4.36. The highest BCUT2D eigenvalue weighted by Gasteiger charge is 2.38. The number of carbonyl (C=O) groups excluding carboxylic acids is 1. The second-order valence-corrected chi connectivity index (χ2v) is 5.62. The van der Waals surface area contributed by atoms with Gasteiger partial charge >= 0.3 is 0 Å². The van der Waals surface area contributed by atoms with Crippen LogP contribution in [0.1, 0.15) is 32.1 Å². The molecule has 18 heavy (non-hydrogen) atoms. The molecule has 0 aromatic heterocycles. The monoisotopic (exact) mass is 252 g/mol. The Bertz CT molecular complexity index is 329. The Morgan fingerprint density at radius 2 is 2.33 bits per heavy atom. The first-order valence-electron chi connectivity index (χ1n) is 6.84. The van der Waals surface area contributed by atoms with E-state index in [1.54, 1.807) is 7.11 Å². The molecule has 1 aliphatic carbocycles. The summed E-state index contributed by atoms with van der Waals surface area (Å²) in [5, 5.41) is 0. The number of hydrogen-bond acceptors (Lipinski definition) is 3. The van der Waals surface area contributed by atoms with Gasteiger partial charge in [-0.1, -0.05) is 12.5 Å². The lowest BCUT2D eigenvalue weighted by atomic mass is 9.66. The van der Waals surface area contributed by atoms with E-state index in [1.165, 1.54) is 12.0 Å². The van der Waals surface area contributed by atoms with E-state index in [0.29, 0.717) is 19.6 Å². The molecule has 0 spiro atoms. The summed E-state index contributed by atoms with van der Waals surface area (Å²) in [5.41, 5.74) is 7.23. The summed E-state index contributed by atoms with van der Waals surface area (Å²) in [6, 6.07) is 0. The van der Waals surface area contributed by atoms with Crippen LogP contribution >= 0.6 is 0 Å². The zero-order valence-electron chi connectivity index (χ0n) is 11.3. The fraction of sp³-hybridized carbons (Fsp3) is 0.786. The second kappa shape index (κ2) is 5.85. The minimum Gasteiger partial charge on any atom is -0.380 e. The van der Waals surface area contributed by atoms with Gasteiger partial charge in [0.1, 0.15) is 0 Å². The van der Waals surface area contributed by atoms with Gasteiger partial charge in [0.2, 0.25) is 5.91 Å². The van der Waals surface area contributed by atoms with E-state index in [-0.39, 0.29) is 11.3 Å². The molecule has 1 fully saturated rings. The Hall–Kier alpha value is -0.870. The summed E-state index contributed by atoms with van der Waals surface area (Å²) >= 11 is 0. The molecule has 102 valence electrons. The van der Waals surface area contributed by atoms with Crippen molar-refractivity contribution in [3.63, 3.8) is 0 Å². The first-order chi connectivity index (χ1) is 8.69. The van der Waals surface area contributed by atoms with Gasteiger partial charge in [-0.05, 0) is 36.8 Å². The van der Waals surface area contributed by atoms with Crippen molar-refractivity contribution >= 4 is 5.91 Å². The van der Waals surface area contributed by atoms with Crippen molar-refractivity contribution < 1.29 is 9.53 Å². The molecule has 2 rings (SSSR count). The van der Waals surface area contributed by atoms with Gasteiger partial charge in [0, 0.05) is 26.6 Å². The lowest BCUT2D eigenvalue weighted by Gasteiger charge is -2.41. The summed E-state index contributed by atoms with van der Waals surface area (Å²) in [6.45, 7) is 2.90. The number of carbonyl (C=O) groups is 1. The number of amides is 1. The molecule has 4 heteroatoms. The Morgan fingerprint density at radius 3 is 2.78 bits per heavy atom. The molecule has 1 heterocycles. The maximum atomic E-state index is 12.2. The van der Waals surface area contributed by atoms with E-state index in [0.717, 1.165) is 32.4 Å². The summed E-state index contributed by atoms with van der Waals surface area (Å²) in [5.74, 6) is 0.271. The Balaban J connectivity index is 1.84. The zero-order chi connectivity index (χ0) is 13.0. The zero-order valence-corrected chi connectivity index (χ0v) is 11.3. The quantitative estimate of drug-likeness (QED) is 0.751. The highest BCUT2D eigenvalue weighted by Crippen LogP contribution is 2.43. The van der Waals surface area contributed by atoms with Crippen LogP contribution in [0.15, 0.2) is 11.6 Å². The predicted octanol–water partition coefficient (Wildman–Crippen LogP) is 1.31. The van der Waals surface area contributed by atoms with Gasteiger partial charge in [0.25, 0.3) is 0 Å². The van der Waals surface area contributed by atoms with E-state index >= 15 is 0 Å². The van der Waals surface area contributed by atoms with E-state index in [1.807, 2.05) is 4.90 Å². The van der Waals surface area contributed by atoms with Crippen LogP contribution in [0.2, 0.25) is 0 Å². The smallest absolute Gasteiger partial charge is 0.223 e. The third-order valence-corrected chi connectivity index (χ3v) is 4.36. The molecule has 2 N–H and O–H groups in total. The van der Waals surface area contributed by atoms with Crippen molar-refractivity contribution in [3.05, 3.63) is 11.6 Å². The van der Waals surface area contributed by atoms with Crippen LogP contribution in [0.25, 0.3) is 0 Å². The summed E-state index contributed by atoms with van der Waals surface area (Å²) in [4.78, 5) is 14.2. The number of rotatable bonds is 5. The predicted molar refractivity (Wildman–Crippen MR) is 71.1 cm³/mol. The van der Waals surface area contributed by atoms with E-state index in [4.69, 9.17) is 10.5 Å². The number of methoxy groups -OCH3 is 1. The molecule has 1 saturated carbocycles. The Morgan fingerprint density at radius 1 is 1.56 bits per heavy atom. The maximum absolute atomic E-state index is 12.2. The molecule has 0 atom stereocenters. The van der Waals surface area contributed by atoms with Gasteiger partial charge in [0.15, 0.2) is 0 Å². The fourth-order valence-electron chi connectivity index (χ4n) is 2.82. The Kier molecular flexibility index (Phi) is 4.40. The minimum absolute atomic E-state index is 0.119. The van der Waals surface area contributed by atoms with Crippen molar-refractivity contribution in [2.75, 3.05) is 33.4 Å². The first kappa shape index (κ1) is 13.6. The lowest BCUT2D eigenvalue weighted by molar-refractivity contribution is -0.134. The maximum Gasteiger partial charge on any atom is 0.223 e. The van der Waals surface area contributed by atoms with Gasteiger partial charge in [-0.3, -0.25) is 4.79 Å². The molecule has 4 nitrogen and oxygen atoms in total. The van der Waals surface area contributed by atoms with Gasteiger partial charge in [-0.25, -0.2) is 0 Å². The topological polar surface area (TPSA) is 55.6 Å². The summed E-state index contributed by atoms with van der Waals surface area (Å²) in [7, 11) is 1.71. The summed E-state index contributed by atoms with van der Waals surface area (Å²) < 4.78 is 5.11.